The molecule has 1 aromatic carbocycles. The molecular weight excluding hydrogens is 228 g/mol. The molecule has 3 atom stereocenters. The number of hydrogen-bond acceptors (Lipinski definition) is 3. The van der Waals surface area contributed by atoms with Crippen LogP contribution in [0.25, 0.3) is 0 Å². The van der Waals surface area contributed by atoms with E-state index in [9.17, 15) is 4.79 Å². The van der Waals surface area contributed by atoms with Gasteiger partial charge in [0.15, 0.2) is 0 Å². The molecule has 0 saturated heterocycles. The molecule has 0 aromatic heterocycles. The smallest absolute Gasteiger partial charge is 0.126 e. The molecular formula is C15H18O3. The van der Waals surface area contributed by atoms with Gasteiger partial charge < -0.3 is 14.3 Å². The SMILES string of the molecule is COC1C=CCC(C=O)C1OCc1ccccc1. The summed E-state index contributed by atoms with van der Waals surface area (Å²) in [5.41, 5.74) is 1.10. The number of carbonyl (C=O) groups excluding carboxylic acids is 1. The van der Waals surface area contributed by atoms with Gasteiger partial charge in [-0.25, -0.2) is 0 Å². The van der Waals surface area contributed by atoms with E-state index in [0.717, 1.165) is 18.3 Å². The van der Waals surface area contributed by atoms with Gasteiger partial charge in [0.1, 0.15) is 12.4 Å². The van der Waals surface area contributed by atoms with Crippen molar-refractivity contribution in [2.24, 2.45) is 5.92 Å². The first-order valence-corrected chi connectivity index (χ1v) is 6.15. The lowest BCUT2D eigenvalue weighted by molar-refractivity contribution is -0.123. The van der Waals surface area contributed by atoms with E-state index in [1.165, 1.54) is 0 Å². The van der Waals surface area contributed by atoms with E-state index in [1.54, 1.807) is 7.11 Å². The second kappa shape index (κ2) is 6.47. The molecule has 3 heteroatoms. The summed E-state index contributed by atoms with van der Waals surface area (Å²) < 4.78 is 11.2. The lowest BCUT2D eigenvalue weighted by atomic mass is 9.90. The molecule has 0 saturated carbocycles. The zero-order valence-corrected chi connectivity index (χ0v) is 10.5. The molecule has 3 unspecified atom stereocenters. The fourth-order valence-electron chi connectivity index (χ4n) is 2.19. The Bertz CT molecular complexity index is 399. The largest absolute Gasteiger partial charge is 0.375 e. The second-order valence-corrected chi connectivity index (χ2v) is 4.43. The summed E-state index contributed by atoms with van der Waals surface area (Å²) in [6, 6.07) is 9.95. The number of rotatable bonds is 5. The van der Waals surface area contributed by atoms with E-state index in [4.69, 9.17) is 9.47 Å². The van der Waals surface area contributed by atoms with Crippen LogP contribution >= 0.6 is 0 Å². The van der Waals surface area contributed by atoms with E-state index >= 15 is 0 Å². The van der Waals surface area contributed by atoms with Crippen molar-refractivity contribution < 1.29 is 14.3 Å². The molecule has 0 aliphatic heterocycles. The molecule has 0 N–H and O–H groups in total. The summed E-state index contributed by atoms with van der Waals surface area (Å²) in [5.74, 6) is -0.122. The highest BCUT2D eigenvalue weighted by Crippen LogP contribution is 2.23. The Morgan fingerprint density at radius 2 is 2.11 bits per heavy atom. The Balaban J connectivity index is 2.00. The van der Waals surface area contributed by atoms with Crippen LogP contribution in [0.3, 0.4) is 0 Å². The van der Waals surface area contributed by atoms with Gasteiger partial charge in [0, 0.05) is 13.0 Å². The maximum atomic E-state index is 11.1. The third kappa shape index (κ3) is 3.06. The number of methoxy groups -OCH3 is 1. The van der Waals surface area contributed by atoms with Gasteiger partial charge in [-0.3, -0.25) is 0 Å². The van der Waals surface area contributed by atoms with Crippen LogP contribution in [0, 0.1) is 5.92 Å². The predicted octanol–water partition coefficient (Wildman–Crippen LogP) is 2.36. The van der Waals surface area contributed by atoms with Crippen molar-refractivity contribution in [1.82, 2.24) is 0 Å². The Morgan fingerprint density at radius 3 is 2.78 bits per heavy atom. The van der Waals surface area contributed by atoms with Crippen LogP contribution < -0.4 is 0 Å². The highest BCUT2D eigenvalue weighted by atomic mass is 16.5. The minimum atomic E-state index is -0.197. The van der Waals surface area contributed by atoms with Crippen molar-refractivity contribution in [3.8, 4) is 0 Å². The van der Waals surface area contributed by atoms with Gasteiger partial charge in [-0.15, -0.1) is 0 Å². The molecule has 0 heterocycles. The van der Waals surface area contributed by atoms with Gasteiger partial charge in [0.05, 0.1) is 12.7 Å². The minimum Gasteiger partial charge on any atom is -0.375 e. The van der Waals surface area contributed by atoms with Gasteiger partial charge in [-0.1, -0.05) is 42.5 Å². The number of benzene rings is 1. The molecule has 1 aliphatic rings. The van der Waals surface area contributed by atoms with Crippen LogP contribution in [-0.4, -0.2) is 25.6 Å². The fourth-order valence-corrected chi connectivity index (χ4v) is 2.19. The Morgan fingerprint density at radius 1 is 1.33 bits per heavy atom. The summed E-state index contributed by atoms with van der Waals surface area (Å²) in [6.45, 7) is 0.504. The normalized spacial score (nSPS) is 27.1. The fraction of sp³-hybridized carbons (Fsp3) is 0.400. The maximum absolute atomic E-state index is 11.1. The first-order valence-electron chi connectivity index (χ1n) is 6.15. The summed E-state index contributed by atoms with van der Waals surface area (Å²) in [5, 5.41) is 0. The molecule has 96 valence electrons. The monoisotopic (exact) mass is 246 g/mol. The van der Waals surface area contributed by atoms with Gasteiger partial charge in [0.25, 0.3) is 0 Å². The summed E-state index contributed by atoms with van der Waals surface area (Å²) in [4.78, 5) is 11.1. The Hall–Kier alpha value is -1.45. The molecule has 1 aliphatic carbocycles. The van der Waals surface area contributed by atoms with Crippen LogP contribution in [0.4, 0.5) is 0 Å². The summed E-state index contributed by atoms with van der Waals surface area (Å²) in [7, 11) is 1.64. The van der Waals surface area contributed by atoms with Gasteiger partial charge in [-0.05, 0) is 12.0 Å². The van der Waals surface area contributed by atoms with Crippen molar-refractivity contribution in [1.29, 1.82) is 0 Å². The average molecular weight is 246 g/mol. The molecule has 0 radical (unpaired) electrons. The number of carbonyl (C=O) groups is 1. The Kier molecular flexibility index (Phi) is 4.67. The molecule has 0 spiro atoms. The van der Waals surface area contributed by atoms with E-state index in [1.807, 2.05) is 42.5 Å². The lowest BCUT2D eigenvalue weighted by Gasteiger charge is -2.31. The molecule has 1 aromatic rings. The zero-order valence-electron chi connectivity index (χ0n) is 10.5. The standard InChI is InChI=1S/C15H18O3/c1-17-14-9-5-8-13(10-16)15(14)18-11-12-6-3-2-4-7-12/h2-7,9-10,13-15H,8,11H2,1H3. The molecule has 0 amide bonds. The minimum absolute atomic E-state index is 0.122. The summed E-state index contributed by atoms with van der Waals surface area (Å²) in [6.07, 6.45) is 5.30. The number of hydrogen-bond donors (Lipinski definition) is 0. The van der Waals surface area contributed by atoms with Crippen molar-refractivity contribution in [2.45, 2.75) is 25.2 Å². The lowest BCUT2D eigenvalue weighted by Crippen LogP contribution is -2.39. The first-order chi connectivity index (χ1) is 8.85. The van der Waals surface area contributed by atoms with Crippen molar-refractivity contribution in [2.75, 3.05) is 7.11 Å². The van der Waals surface area contributed by atoms with E-state index < -0.39 is 0 Å². The molecule has 0 bridgehead atoms. The third-order valence-electron chi connectivity index (χ3n) is 3.21. The van der Waals surface area contributed by atoms with Crippen LogP contribution in [0.1, 0.15) is 12.0 Å². The highest BCUT2D eigenvalue weighted by molar-refractivity contribution is 5.56. The number of ether oxygens (including phenoxy) is 2. The molecule has 2 rings (SSSR count). The van der Waals surface area contributed by atoms with Crippen LogP contribution in [0.15, 0.2) is 42.5 Å². The average Bonchev–Trinajstić information content (AvgIpc) is 2.45. The highest BCUT2D eigenvalue weighted by Gasteiger charge is 2.31. The van der Waals surface area contributed by atoms with Crippen molar-refractivity contribution >= 4 is 6.29 Å². The zero-order chi connectivity index (χ0) is 12.8. The van der Waals surface area contributed by atoms with Crippen LogP contribution in [-0.2, 0) is 20.9 Å². The van der Waals surface area contributed by atoms with Crippen molar-refractivity contribution in [3.05, 3.63) is 48.0 Å². The summed E-state index contributed by atoms with van der Waals surface area (Å²) >= 11 is 0. The van der Waals surface area contributed by atoms with Gasteiger partial charge in [0.2, 0.25) is 0 Å². The quantitative estimate of drug-likeness (QED) is 0.591. The van der Waals surface area contributed by atoms with E-state index in [-0.39, 0.29) is 18.1 Å². The number of allylic oxidation sites excluding steroid dienone is 1. The number of aldehydes is 1. The molecule has 18 heavy (non-hydrogen) atoms. The van der Waals surface area contributed by atoms with Gasteiger partial charge in [-0.2, -0.15) is 0 Å². The maximum Gasteiger partial charge on any atom is 0.126 e. The molecule has 0 fully saturated rings. The topological polar surface area (TPSA) is 35.5 Å². The third-order valence-corrected chi connectivity index (χ3v) is 3.21. The Labute approximate surface area is 107 Å². The van der Waals surface area contributed by atoms with Crippen LogP contribution in [0.2, 0.25) is 0 Å². The first kappa shape index (κ1) is 13.0. The van der Waals surface area contributed by atoms with Gasteiger partial charge >= 0.3 is 0 Å². The second-order valence-electron chi connectivity index (χ2n) is 4.43. The molecule has 3 nitrogen and oxygen atoms in total. The van der Waals surface area contributed by atoms with Crippen LogP contribution in [0.5, 0.6) is 0 Å². The van der Waals surface area contributed by atoms with Crippen molar-refractivity contribution in [3.63, 3.8) is 0 Å². The van der Waals surface area contributed by atoms with E-state index in [2.05, 4.69) is 0 Å². The van der Waals surface area contributed by atoms with E-state index in [0.29, 0.717) is 6.61 Å². The predicted molar refractivity (Wildman–Crippen MR) is 69.1 cm³/mol.